The maximum atomic E-state index is 13.0. The van der Waals surface area contributed by atoms with Gasteiger partial charge in [0.2, 0.25) is 0 Å². The molecule has 0 radical (unpaired) electrons. The van der Waals surface area contributed by atoms with Gasteiger partial charge in [0.25, 0.3) is 0 Å². The van der Waals surface area contributed by atoms with Gasteiger partial charge in [-0.1, -0.05) is 25.4 Å². The Bertz CT molecular complexity index is 558. The SMILES string of the molecule is CC(C)c1cc(Nc2ccc(F)c(Cl)c2)ncn1. The molecule has 0 aliphatic heterocycles. The van der Waals surface area contributed by atoms with Crippen molar-refractivity contribution in [2.24, 2.45) is 0 Å². The van der Waals surface area contributed by atoms with E-state index in [1.807, 2.05) is 6.07 Å². The molecule has 5 heteroatoms. The summed E-state index contributed by atoms with van der Waals surface area (Å²) in [6.45, 7) is 4.11. The summed E-state index contributed by atoms with van der Waals surface area (Å²) in [6, 6.07) is 6.31. The third kappa shape index (κ3) is 2.96. The number of benzene rings is 1. The molecule has 0 unspecified atom stereocenters. The second-order valence-electron chi connectivity index (χ2n) is 4.24. The predicted molar refractivity (Wildman–Crippen MR) is 70.8 cm³/mol. The summed E-state index contributed by atoms with van der Waals surface area (Å²) in [5, 5.41) is 3.15. The van der Waals surface area contributed by atoms with Crippen LogP contribution in [0.15, 0.2) is 30.6 Å². The zero-order chi connectivity index (χ0) is 13.1. The number of anilines is 2. The molecule has 0 aliphatic rings. The van der Waals surface area contributed by atoms with Gasteiger partial charge in [0.15, 0.2) is 0 Å². The van der Waals surface area contributed by atoms with Crippen molar-refractivity contribution in [1.82, 2.24) is 9.97 Å². The number of nitrogens with one attached hydrogen (secondary N) is 1. The van der Waals surface area contributed by atoms with E-state index < -0.39 is 5.82 Å². The largest absolute Gasteiger partial charge is 0.340 e. The van der Waals surface area contributed by atoms with Gasteiger partial charge in [-0.2, -0.15) is 0 Å². The molecule has 0 saturated carbocycles. The lowest BCUT2D eigenvalue weighted by atomic mass is 10.1. The van der Waals surface area contributed by atoms with Gasteiger partial charge in [-0.3, -0.25) is 0 Å². The molecule has 1 heterocycles. The zero-order valence-electron chi connectivity index (χ0n) is 10.1. The highest BCUT2D eigenvalue weighted by molar-refractivity contribution is 6.31. The molecule has 2 aromatic rings. The number of hydrogen-bond acceptors (Lipinski definition) is 3. The van der Waals surface area contributed by atoms with Crippen LogP contribution in [0.1, 0.15) is 25.5 Å². The van der Waals surface area contributed by atoms with Crippen molar-refractivity contribution in [3.8, 4) is 0 Å². The van der Waals surface area contributed by atoms with Gasteiger partial charge in [-0.05, 0) is 24.1 Å². The molecule has 0 saturated heterocycles. The van der Waals surface area contributed by atoms with Crippen LogP contribution in [0.3, 0.4) is 0 Å². The summed E-state index contributed by atoms with van der Waals surface area (Å²) in [4.78, 5) is 8.29. The highest BCUT2D eigenvalue weighted by Crippen LogP contribution is 2.22. The Morgan fingerprint density at radius 3 is 2.67 bits per heavy atom. The minimum absolute atomic E-state index is 0.0816. The number of aromatic nitrogens is 2. The summed E-state index contributed by atoms with van der Waals surface area (Å²) in [5.41, 5.74) is 1.63. The maximum absolute atomic E-state index is 13.0. The Morgan fingerprint density at radius 2 is 2.00 bits per heavy atom. The molecular formula is C13H13ClFN3. The number of nitrogens with zero attached hydrogens (tertiary/aromatic N) is 2. The van der Waals surface area contributed by atoms with Crippen molar-refractivity contribution in [3.63, 3.8) is 0 Å². The van der Waals surface area contributed by atoms with Crippen molar-refractivity contribution >= 4 is 23.1 Å². The molecule has 0 spiro atoms. The fourth-order valence-corrected chi connectivity index (χ4v) is 1.66. The summed E-state index contributed by atoms with van der Waals surface area (Å²) in [7, 11) is 0. The van der Waals surface area contributed by atoms with Gasteiger partial charge in [0, 0.05) is 17.4 Å². The first-order valence-corrected chi connectivity index (χ1v) is 5.98. The van der Waals surface area contributed by atoms with Gasteiger partial charge >= 0.3 is 0 Å². The van der Waals surface area contributed by atoms with Crippen molar-refractivity contribution in [2.45, 2.75) is 19.8 Å². The van der Waals surface area contributed by atoms with Crippen molar-refractivity contribution in [3.05, 3.63) is 47.1 Å². The Balaban J connectivity index is 2.23. The molecule has 3 nitrogen and oxygen atoms in total. The summed E-state index contributed by atoms with van der Waals surface area (Å²) >= 11 is 5.71. The molecule has 1 N–H and O–H groups in total. The molecular weight excluding hydrogens is 253 g/mol. The molecule has 94 valence electrons. The molecule has 1 aromatic carbocycles. The highest BCUT2D eigenvalue weighted by atomic mass is 35.5. The summed E-state index contributed by atoms with van der Waals surface area (Å²) in [6.07, 6.45) is 1.50. The Hall–Kier alpha value is -1.68. The quantitative estimate of drug-likeness (QED) is 0.906. The first kappa shape index (κ1) is 12.8. The molecule has 1 aromatic heterocycles. The first-order valence-electron chi connectivity index (χ1n) is 5.60. The predicted octanol–water partition coefficient (Wildman–Crippen LogP) is 4.14. The summed E-state index contributed by atoms with van der Waals surface area (Å²) in [5.74, 6) is 0.550. The lowest BCUT2D eigenvalue weighted by molar-refractivity contribution is 0.628. The van der Waals surface area contributed by atoms with Gasteiger partial charge < -0.3 is 5.32 Å². The fraction of sp³-hybridized carbons (Fsp3) is 0.231. The van der Waals surface area contributed by atoms with Crippen LogP contribution in [0.25, 0.3) is 0 Å². The second-order valence-corrected chi connectivity index (χ2v) is 4.64. The normalized spacial score (nSPS) is 10.7. The second kappa shape index (κ2) is 5.31. The average Bonchev–Trinajstić information content (AvgIpc) is 2.34. The van der Waals surface area contributed by atoms with Gasteiger partial charge in [0.1, 0.15) is 18.0 Å². The first-order chi connectivity index (χ1) is 8.56. The summed E-state index contributed by atoms with van der Waals surface area (Å²) < 4.78 is 13.0. The van der Waals surface area contributed by atoms with Gasteiger partial charge in [-0.15, -0.1) is 0 Å². The Kier molecular flexibility index (Phi) is 3.77. The maximum Gasteiger partial charge on any atom is 0.141 e. The number of hydrogen-bond donors (Lipinski definition) is 1. The molecule has 0 bridgehead atoms. The van der Waals surface area contributed by atoms with Crippen molar-refractivity contribution in [2.75, 3.05) is 5.32 Å². The van der Waals surface area contributed by atoms with Crippen LogP contribution < -0.4 is 5.32 Å². The van der Waals surface area contributed by atoms with Gasteiger partial charge in [0.05, 0.1) is 5.02 Å². The monoisotopic (exact) mass is 265 g/mol. The van der Waals surface area contributed by atoms with Crippen LogP contribution in [-0.2, 0) is 0 Å². The van der Waals surface area contributed by atoms with E-state index >= 15 is 0 Å². The van der Waals surface area contributed by atoms with E-state index in [-0.39, 0.29) is 5.02 Å². The van der Waals surface area contributed by atoms with E-state index in [2.05, 4.69) is 29.1 Å². The van der Waals surface area contributed by atoms with E-state index in [1.165, 1.54) is 18.5 Å². The molecule has 0 atom stereocenters. The van der Waals surface area contributed by atoms with Crippen LogP contribution in [-0.4, -0.2) is 9.97 Å². The Labute approximate surface area is 110 Å². The number of rotatable bonds is 3. The molecule has 0 fully saturated rings. The average molecular weight is 266 g/mol. The smallest absolute Gasteiger partial charge is 0.141 e. The third-order valence-electron chi connectivity index (χ3n) is 2.47. The molecule has 0 aliphatic carbocycles. The van der Waals surface area contributed by atoms with E-state index in [4.69, 9.17) is 11.6 Å². The third-order valence-corrected chi connectivity index (χ3v) is 2.76. The highest BCUT2D eigenvalue weighted by Gasteiger charge is 2.05. The zero-order valence-corrected chi connectivity index (χ0v) is 10.9. The van der Waals surface area contributed by atoms with Crippen LogP contribution in [0.4, 0.5) is 15.9 Å². The lowest BCUT2D eigenvalue weighted by Crippen LogP contribution is -1.99. The van der Waals surface area contributed by atoms with Crippen LogP contribution in [0.2, 0.25) is 5.02 Å². The Morgan fingerprint density at radius 1 is 1.22 bits per heavy atom. The van der Waals surface area contributed by atoms with Crippen LogP contribution in [0, 0.1) is 5.82 Å². The van der Waals surface area contributed by atoms with E-state index in [0.717, 1.165) is 5.69 Å². The van der Waals surface area contributed by atoms with Crippen LogP contribution in [0.5, 0.6) is 0 Å². The standard InChI is InChI=1S/C13H13ClFN3/c1-8(2)12-6-13(17-7-16-12)18-9-3-4-11(15)10(14)5-9/h3-8H,1-2H3,(H,16,17,18). The fourth-order valence-electron chi connectivity index (χ4n) is 1.48. The topological polar surface area (TPSA) is 37.8 Å². The van der Waals surface area contributed by atoms with E-state index in [1.54, 1.807) is 6.07 Å². The van der Waals surface area contributed by atoms with Gasteiger partial charge in [-0.25, -0.2) is 14.4 Å². The van der Waals surface area contributed by atoms with Crippen molar-refractivity contribution < 1.29 is 4.39 Å². The minimum atomic E-state index is -0.437. The van der Waals surface area contributed by atoms with Crippen molar-refractivity contribution in [1.29, 1.82) is 0 Å². The number of halogens is 2. The van der Waals surface area contributed by atoms with E-state index in [0.29, 0.717) is 17.4 Å². The molecule has 0 amide bonds. The molecule has 18 heavy (non-hydrogen) atoms. The molecule has 2 rings (SSSR count). The lowest BCUT2D eigenvalue weighted by Gasteiger charge is -2.09. The minimum Gasteiger partial charge on any atom is -0.340 e. The van der Waals surface area contributed by atoms with Crippen LogP contribution >= 0.6 is 11.6 Å². The van der Waals surface area contributed by atoms with E-state index in [9.17, 15) is 4.39 Å².